The molecule has 4 heteroatoms. The number of hydrogen-bond acceptors (Lipinski definition) is 4. The van der Waals surface area contributed by atoms with Gasteiger partial charge in [-0.05, 0) is 13.5 Å². The zero-order chi connectivity index (χ0) is 14.2. The summed E-state index contributed by atoms with van der Waals surface area (Å²) in [4.78, 5) is 11.4. The van der Waals surface area contributed by atoms with E-state index in [1.165, 1.54) is 32.1 Å². The molecule has 0 saturated heterocycles. The molecule has 114 valence electrons. The normalized spacial score (nSPS) is 10.6. The van der Waals surface area contributed by atoms with Crippen LogP contribution in [0.5, 0.6) is 0 Å². The molecule has 1 N–H and O–H groups in total. The van der Waals surface area contributed by atoms with E-state index in [0.29, 0.717) is 26.2 Å². The third kappa shape index (κ3) is 15.3. The van der Waals surface area contributed by atoms with Crippen LogP contribution in [0.2, 0.25) is 0 Å². The Kier molecular flexibility index (Phi) is 15.0. The van der Waals surface area contributed by atoms with Gasteiger partial charge in [0.1, 0.15) is 6.61 Å². The second-order valence-corrected chi connectivity index (χ2v) is 4.81. The lowest BCUT2D eigenvalue weighted by atomic mass is 10.1. The zero-order valence-corrected chi connectivity index (χ0v) is 12.7. The first-order chi connectivity index (χ1) is 9.31. The minimum atomic E-state index is -0.0919. The van der Waals surface area contributed by atoms with Gasteiger partial charge in [-0.3, -0.25) is 4.79 Å². The highest BCUT2D eigenvalue weighted by molar-refractivity contribution is 5.69. The SMILES string of the molecule is CCCCCCCCCC(=O)OCCOCCNC. The second-order valence-electron chi connectivity index (χ2n) is 4.81. The highest BCUT2D eigenvalue weighted by Crippen LogP contribution is 2.08. The van der Waals surface area contributed by atoms with E-state index in [4.69, 9.17) is 9.47 Å². The zero-order valence-electron chi connectivity index (χ0n) is 12.7. The summed E-state index contributed by atoms with van der Waals surface area (Å²) < 4.78 is 10.3. The third-order valence-corrected chi connectivity index (χ3v) is 2.97. The number of likely N-dealkylation sites (N-methyl/N-ethyl adjacent to an activating group) is 1. The van der Waals surface area contributed by atoms with E-state index in [-0.39, 0.29) is 5.97 Å². The predicted octanol–water partition coefficient (Wildman–Crippen LogP) is 2.91. The van der Waals surface area contributed by atoms with Crippen molar-refractivity contribution in [2.75, 3.05) is 33.4 Å². The quantitative estimate of drug-likeness (QED) is 0.390. The summed E-state index contributed by atoms with van der Waals surface area (Å²) in [5.41, 5.74) is 0. The molecule has 0 aliphatic carbocycles. The van der Waals surface area contributed by atoms with Crippen LogP contribution in [0, 0.1) is 0 Å². The topological polar surface area (TPSA) is 47.6 Å². The standard InChI is InChI=1S/C15H31NO3/c1-3-4-5-6-7-8-9-10-15(17)19-14-13-18-12-11-16-2/h16H,3-14H2,1-2H3. The van der Waals surface area contributed by atoms with Crippen LogP contribution in [0.25, 0.3) is 0 Å². The van der Waals surface area contributed by atoms with Crippen LogP contribution in [-0.2, 0) is 14.3 Å². The Morgan fingerprint density at radius 2 is 1.63 bits per heavy atom. The van der Waals surface area contributed by atoms with Gasteiger partial charge in [0, 0.05) is 13.0 Å². The van der Waals surface area contributed by atoms with Crippen molar-refractivity contribution in [3.05, 3.63) is 0 Å². The van der Waals surface area contributed by atoms with Gasteiger partial charge < -0.3 is 14.8 Å². The molecule has 0 saturated carbocycles. The highest BCUT2D eigenvalue weighted by Gasteiger charge is 2.02. The molecule has 0 spiro atoms. The molecule has 19 heavy (non-hydrogen) atoms. The molecule has 0 unspecified atom stereocenters. The van der Waals surface area contributed by atoms with Gasteiger partial charge >= 0.3 is 5.97 Å². The summed E-state index contributed by atoms with van der Waals surface area (Å²) in [6, 6.07) is 0. The summed E-state index contributed by atoms with van der Waals surface area (Å²) in [5, 5.41) is 2.99. The van der Waals surface area contributed by atoms with E-state index in [1.807, 2.05) is 7.05 Å². The third-order valence-electron chi connectivity index (χ3n) is 2.97. The fraction of sp³-hybridized carbons (Fsp3) is 0.933. The number of esters is 1. The van der Waals surface area contributed by atoms with Crippen molar-refractivity contribution in [1.82, 2.24) is 5.32 Å². The summed E-state index contributed by atoms with van der Waals surface area (Å²) in [6.07, 6.45) is 9.10. The summed E-state index contributed by atoms with van der Waals surface area (Å²) in [5.74, 6) is -0.0919. The maximum atomic E-state index is 11.4. The van der Waals surface area contributed by atoms with E-state index in [2.05, 4.69) is 12.2 Å². The number of ether oxygens (including phenoxy) is 2. The average molecular weight is 273 g/mol. The Bertz CT molecular complexity index is 198. The Balaban J connectivity index is 3.13. The molecule has 0 aromatic carbocycles. The summed E-state index contributed by atoms with van der Waals surface area (Å²) in [6.45, 7) is 4.57. The van der Waals surface area contributed by atoms with E-state index >= 15 is 0 Å². The number of unbranched alkanes of at least 4 members (excludes halogenated alkanes) is 6. The van der Waals surface area contributed by atoms with Gasteiger partial charge in [0.05, 0.1) is 13.2 Å². The molecule has 0 heterocycles. The van der Waals surface area contributed by atoms with Crippen molar-refractivity contribution < 1.29 is 14.3 Å². The summed E-state index contributed by atoms with van der Waals surface area (Å²) in [7, 11) is 1.88. The fourth-order valence-electron chi connectivity index (χ4n) is 1.79. The first-order valence-electron chi connectivity index (χ1n) is 7.69. The predicted molar refractivity (Wildman–Crippen MR) is 78.3 cm³/mol. The van der Waals surface area contributed by atoms with Crippen molar-refractivity contribution in [3.63, 3.8) is 0 Å². The molecule has 0 amide bonds. The maximum Gasteiger partial charge on any atom is 0.305 e. The molecular weight excluding hydrogens is 242 g/mol. The Morgan fingerprint density at radius 3 is 2.32 bits per heavy atom. The van der Waals surface area contributed by atoms with E-state index in [9.17, 15) is 4.79 Å². The molecule has 0 aliphatic rings. The van der Waals surface area contributed by atoms with Gasteiger partial charge in [-0.15, -0.1) is 0 Å². The van der Waals surface area contributed by atoms with Gasteiger partial charge in [-0.1, -0.05) is 45.4 Å². The van der Waals surface area contributed by atoms with Gasteiger partial charge in [0.15, 0.2) is 0 Å². The van der Waals surface area contributed by atoms with Crippen molar-refractivity contribution >= 4 is 5.97 Å². The van der Waals surface area contributed by atoms with Gasteiger partial charge in [0.25, 0.3) is 0 Å². The van der Waals surface area contributed by atoms with Crippen LogP contribution in [0.15, 0.2) is 0 Å². The first-order valence-corrected chi connectivity index (χ1v) is 7.69. The van der Waals surface area contributed by atoms with Crippen LogP contribution in [-0.4, -0.2) is 39.4 Å². The molecule has 0 aliphatic heterocycles. The van der Waals surface area contributed by atoms with E-state index in [1.54, 1.807) is 0 Å². The van der Waals surface area contributed by atoms with E-state index in [0.717, 1.165) is 19.4 Å². The lowest BCUT2D eigenvalue weighted by Crippen LogP contribution is -2.17. The molecule has 0 aromatic heterocycles. The molecule has 0 atom stereocenters. The lowest BCUT2D eigenvalue weighted by Gasteiger charge is -2.06. The number of nitrogens with one attached hydrogen (secondary N) is 1. The van der Waals surface area contributed by atoms with Gasteiger partial charge in [-0.25, -0.2) is 0 Å². The van der Waals surface area contributed by atoms with Crippen LogP contribution >= 0.6 is 0 Å². The van der Waals surface area contributed by atoms with Crippen LogP contribution in [0.3, 0.4) is 0 Å². The number of carbonyl (C=O) groups is 1. The van der Waals surface area contributed by atoms with Gasteiger partial charge in [0.2, 0.25) is 0 Å². The van der Waals surface area contributed by atoms with Crippen LogP contribution in [0.1, 0.15) is 58.3 Å². The molecule has 4 nitrogen and oxygen atoms in total. The van der Waals surface area contributed by atoms with Crippen molar-refractivity contribution in [1.29, 1.82) is 0 Å². The minimum Gasteiger partial charge on any atom is -0.463 e. The van der Waals surface area contributed by atoms with Crippen molar-refractivity contribution in [2.45, 2.75) is 58.3 Å². The van der Waals surface area contributed by atoms with Crippen LogP contribution in [0.4, 0.5) is 0 Å². The Hall–Kier alpha value is -0.610. The molecule has 0 bridgehead atoms. The highest BCUT2D eigenvalue weighted by atomic mass is 16.6. The Morgan fingerprint density at radius 1 is 0.947 bits per heavy atom. The van der Waals surface area contributed by atoms with Crippen LogP contribution < -0.4 is 5.32 Å². The number of rotatable bonds is 14. The number of carbonyl (C=O) groups excluding carboxylic acids is 1. The first kappa shape index (κ1) is 18.4. The minimum absolute atomic E-state index is 0.0919. The second kappa shape index (κ2) is 15.4. The lowest BCUT2D eigenvalue weighted by molar-refractivity contribution is -0.145. The Labute approximate surface area is 118 Å². The molecule has 0 aromatic rings. The molecule has 0 rings (SSSR count). The van der Waals surface area contributed by atoms with E-state index < -0.39 is 0 Å². The van der Waals surface area contributed by atoms with Crippen molar-refractivity contribution in [2.24, 2.45) is 0 Å². The molecule has 0 fully saturated rings. The molecular formula is C15H31NO3. The average Bonchev–Trinajstić information content (AvgIpc) is 2.41. The number of hydrogen-bond donors (Lipinski definition) is 1. The van der Waals surface area contributed by atoms with Gasteiger partial charge in [-0.2, -0.15) is 0 Å². The summed E-state index contributed by atoms with van der Waals surface area (Å²) >= 11 is 0. The smallest absolute Gasteiger partial charge is 0.305 e. The molecule has 0 radical (unpaired) electrons. The maximum absolute atomic E-state index is 11.4. The largest absolute Gasteiger partial charge is 0.463 e. The van der Waals surface area contributed by atoms with Crippen molar-refractivity contribution in [3.8, 4) is 0 Å². The monoisotopic (exact) mass is 273 g/mol. The fourth-order valence-corrected chi connectivity index (χ4v) is 1.79.